The van der Waals surface area contributed by atoms with Crippen LogP contribution in [0.4, 0.5) is 16.2 Å². The third-order valence-corrected chi connectivity index (χ3v) is 6.50. The maximum atomic E-state index is 12.8. The normalized spacial score (nSPS) is 25.4. The molecular formula is C24H30N4O3. The number of rotatable bonds is 4. The Kier molecular flexibility index (Phi) is 6.23. The van der Waals surface area contributed by atoms with Crippen molar-refractivity contribution in [3.05, 3.63) is 54.4 Å². The van der Waals surface area contributed by atoms with Crippen LogP contribution in [-0.2, 0) is 16.0 Å². The zero-order valence-corrected chi connectivity index (χ0v) is 18.1. The first-order valence-electron chi connectivity index (χ1n) is 11.0. The van der Waals surface area contributed by atoms with E-state index in [0.717, 1.165) is 24.9 Å². The van der Waals surface area contributed by atoms with Crippen molar-refractivity contribution in [2.75, 3.05) is 23.7 Å². The quantitative estimate of drug-likeness (QED) is 0.778. The number of urea groups is 1. The first kappa shape index (κ1) is 21.3. The van der Waals surface area contributed by atoms with Crippen molar-refractivity contribution in [3.8, 4) is 0 Å². The summed E-state index contributed by atoms with van der Waals surface area (Å²) in [5.74, 6) is 0.0122. The van der Waals surface area contributed by atoms with Crippen molar-refractivity contribution in [3.63, 3.8) is 0 Å². The fourth-order valence-electron chi connectivity index (χ4n) is 4.58. The van der Waals surface area contributed by atoms with E-state index in [1.165, 1.54) is 5.56 Å². The average Bonchev–Trinajstić information content (AvgIpc) is 3.22. The van der Waals surface area contributed by atoms with E-state index in [1.807, 2.05) is 29.2 Å². The van der Waals surface area contributed by atoms with E-state index >= 15 is 0 Å². The molecule has 4 rings (SSSR count). The molecule has 2 aromatic rings. The van der Waals surface area contributed by atoms with Gasteiger partial charge in [-0.05, 0) is 55.5 Å². The van der Waals surface area contributed by atoms with Gasteiger partial charge in [0.2, 0.25) is 0 Å². The summed E-state index contributed by atoms with van der Waals surface area (Å²) in [6, 6.07) is 11.5. The number of nitrogens with zero attached hydrogens (tertiary/aromatic N) is 2. The lowest BCUT2D eigenvalue weighted by molar-refractivity contribution is -0.141. The fraction of sp³-hybridized carbons (Fsp3) is 0.458. The van der Waals surface area contributed by atoms with Crippen LogP contribution in [0.5, 0.6) is 0 Å². The number of ether oxygens (including phenoxy) is 1. The summed E-state index contributed by atoms with van der Waals surface area (Å²) in [4.78, 5) is 31.3. The van der Waals surface area contributed by atoms with Crippen LogP contribution < -0.4 is 10.6 Å². The zero-order valence-electron chi connectivity index (χ0n) is 18.1. The van der Waals surface area contributed by atoms with E-state index in [2.05, 4.69) is 35.5 Å². The van der Waals surface area contributed by atoms with Crippen molar-refractivity contribution in [1.29, 1.82) is 0 Å². The number of carbonyl (C=O) groups excluding carboxylic acids is 2. The minimum Gasteiger partial charge on any atom is -0.362 e. The molecular weight excluding hydrogens is 392 g/mol. The molecule has 7 nitrogen and oxygen atoms in total. The Morgan fingerprint density at radius 1 is 1.19 bits per heavy atom. The lowest BCUT2D eigenvalue weighted by atomic mass is 9.80. The Morgan fingerprint density at radius 3 is 2.77 bits per heavy atom. The van der Waals surface area contributed by atoms with E-state index in [9.17, 15) is 9.59 Å². The van der Waals surface area contributed by atoms with Gasteiger partial charge in [0.05, 0.1) is 17.5 Å². The Morgan fingerprint density at radius 2 is 2.03 bits per heavy atom. The number of nitrogens with one attached hydrogen (secondary N) is 2. The SMILES string of the molecule is CCc1cccc(NC(=O)N2CCC3(CCC(C(=O)Nc4cccnc4)O3)C(C)C2)c1. The molecule has 0 saturated carbocycles. The van der Waals surface area contributed by atoms with Crippen LogP contribution in [0.15, 0.2) is 48.8 Å². The lowest BCUT2D eigenvalue weighted by Gasteiger charge is -2.44. The zero-order chi connectivity index (χ0) is 21.8. The standard InChI is InChI=1S/C24H30N4O3/c1-3-18-6-4-7-19(14-18)27-23(30)28-13-11-24(17(2)16-28)10-9-21(31-24)22(29)26-20-8-5-12-25-15-20/h4-8,12,14-15,17,21H,3,9-11,13,16H2,1-2H3,(H,26,29)(H,27,30). The molecule has 2 aliphatic heterocycles. The van der Waals surface area contributed by atoms with Gasteiger partial charge in [-0.3, -0.25) is 9.78 Å². The number of pyridine rings is 1. The van der Waals surface area contributed by atoms with Gasteiger partial charge in [0.25, 0.3) is 5.91 Å². The molecule has 1 spiro atoms. The summed E-state index contributed by atoms with van der Waals surface area (Å²) in [6.07, 6.45) is 5.99. The van der Waals surface area contributed by atoms with E-state index < -0.39 is 6.10 Å². The Labute approximate surface area is 183 Å². The van der Waals surface area contributed by atoms with Crippen LogP contribution in [0.3, 0.4) is 0 Å². The summed E-state index contributed by atoms with van der Waals surface area (Å²) >= 11 is 0. The molecule has 0 aliphatic carbocycles. The third kappa shape index (κ3) is 4.71. The summed E-state index contributed by atoms with van der Waals surface area (Å²) in [5.41, 5.74) is 2.33. The van der Waals surface area contributed by atoms with Crippen molar-refractivity contribution in [2.24, 2.45) is 5.92 Å². The van der Waals surface area contributed by atoms with Gasteiger partial charge in [0, 0.05) is 30.9 Å². The molecule has 3 amide bonds. The van der Waals surface area contributed by atoms with Crippen molar-refractivity contribution in [1.82, 2.24) is 9.88 Å². The van der Waals surface area contributed by atoms with Gasteiger partial charge < -0.3 is 20.3 Å². The Balaban J connectivity index is 1.33. The monoisotopic (exact) mass is 422 g/mol. The number of carbonyl (C=O) groups is 2. The topological polar surface area (TPSA) is 83.6 Å². The molecule has 7 heteroatoms. The van der Waals surface area contributed by atoms with Crippen molar-refractivity contribution >= 4 is 23.3 Å². The molecule has 0 radical (unpaired) electrons. The van der Waals surface area contributed by atoms with Crippen molar-refractivity contribution < 1.29 is 14.3 Å². The Bertz CT molecular complexity index is 935. The summed E-state index contributed by atoms with van der Waals surface area (Å²) in [5, 5.41) is 5.90. The van der Waals surface area contributed by atoms with Gasteiger partial charge in [-0.25, -0.2) is 4.79 Å². The minimum atomic E-state index is -0.472. The highest BCUT2D eigenvalue weighted by atomic mass is 16.5. The number of aryl methyl sites for hydroxylation is 1. The number of amides is 3. The van der Waals surface area contributed by atoms with Gasteiger partial charge in [0.1, 0.15) is 6.10 Å². The van der Waals surface area contributed by atoms with E-state index in [4.69, 9.17) is 4.74 Å². The van der Waals surface area contributed by atoms with Crippen LogP contribution in [0.2, 0.25) is 0 Å². The van der Waals surface area contributed by atoms with E-state index in [1.54, 1.807) is 18.5 Å². The molecule has 0 bridgehead atoms. The maximum absolute atomic E-state index is 12.8. The number of piperidine rings is 1. The minimum absolute atomic E-state index is 0.0844. The summed E-state index contributed by atoms with van der Waals surface area (Å²) in [6.45, 7) is 5.42. The van der Waals surface area contributed by atoms with E-state index in [-0.39, 0.29) is 23.5 Å². The van der Waals surface area contributed by atoms with Crippen LogP contribution in [0, 0.1) is 5.92 Å². The molecule has 1 aromatic carbocycles. The number of likely N-dealkylation sites (tertiary alicyclic amines) is 1. The third-order valence-electron chi connectivity index (χ3n) is 6.50. The summed E-state index contributed by atoms with van der Waals surface area (Å²) in [7, 11) is 0. The predicted octanol–water partition coefficient (Wildman–Crippen LogP) is 4.07. The molecule has 164 valence electrons. The number of hydrogen-bond donors (Lipinski definition) is 2. The van der Waals surface area contributed by atoms with Crippen LogP contribution >= 0.6 is 0 Å². The molecule has 3 unspecified atom stereocenters. The van der Waals surface area contributed by atoms with Gasteiger partial charge >= 0.3 is 6.03 Å². The van der Waals surface area contributed by atoms with E-state index in [0.29, 0.717) is 25.2 Å². The highest BCUT2D eigenvalue weighted by Crippen LogP contribution is 2.42. The second-order valence-electron chi connectivity index (χ2n) is 8.52. The largest absolute Gasteiger partial charge is 0.362 e. The van der Waals surface area contributed by atoms with Crippen LogP contribution in [-0.4, -0.2) is 46.6 Å². The van der Waals surface area contributed by atoms with Crippen LogP contribution in [0.1, 0.15) is 38.7 Å². The highest BCUT2D eigenvalue weighted by molar-refractivity contribution is 5.94. The smallest absolute Gasteiger partial charge is 0.321 e. The fourth-order valence-corrected chi connectivity index (χ4v) is 4.58. The molecule has 2 fully saturated rings. The van der Waals surface area contributed by atoms with Gasteiger partial charge in [-0.1, -0.05) is 26.0 Å². The second-order valence-corrected chi connectivity index (χ2v) is 8.52. The maximum Gasteiger partial charge on any atom is 0.321 e. The number of benzene rings is 1. The molecule has 3 atom stereocenters. The number of anilines is 2. The molecule has 2 N–H and O–H groups in total. The highest BCUT2D eigenvalue weighted by Gasteiger charge is 2.49. The predicted molar refractivity (Wildman–Crippen MR) is 120 cm³/mol. The summed E-state index contributed by atoms with van der Waals surface area (Å²) < 4.78 is 6.32. The molecule has 2 aliphatic rings. The van der Waals surface area contributed by atoms with Gasteiger partial charge in [0.15, 0.2) is 0 Å². The second kappa shape index (κ2) is 9.06. The van der Waals surface area contributed by atoms with Gasteiger partial charge in [-0.15, -0.1) is 0 Å². The molecule has 2 saturated heterocycles. The number of aromatic nitrogens is 1. The van der Waals surface area contributed by atoms with Gasteiger partial charge in [-0.2, -0.15) is 0 Å². The van der Waals surface area contributed by atoms with Crippen molar-refractivity contribution in [2.45, 2.75) is 51.2 Å². The molecule has 1 aromatic heterocycles. The first-order chi connectivity index (χ1) is 15.0. The lowest BCUT2D eigenvalue weighted by Crippen LogP contribution is -2.53. The molecule has 3 heterocycles. The number of hydrogen-bond acceptors (Lipinski definition) is 4. The average molecular weight is 423 g/mol. The first-order valence-corrected chi connectivity index (χ1v) is 11.0. The van der Waals surface area contributed by atoms with Crippen LogP contribution in [0.25, 0.3) is 0 Å². The Hall–Kier alpha value is -2.93. The molecule has 31 heavy (non-hydrogen) atoms.